The molecule has 0 aliphatic heterocycles. The summed E-state index contributed by atoms with van der Waals surface area (Å²) in [5, 5.41) is 0. The molecule has 0 aromatic heterocycles. The molecule has 0 amide bonds. The molecule has 19 heavy (non-hydrogen) atoms. The van der Waals surface area contributed by atoms with Gasteiger partial charge in [-0.1, -0.05) is 18.2 Å². The lowest BCUT2D eigenvalue weighted by atomic mass is 10.2. The molecule has 100 valence electrons. The number of anilines is 1. The summed E-state index contributed by atoms with van der Waals surface area (Å²) in [7, 11) is -3.94. The molecule has 0 atom stereocenters. The second-order valence-corrected chi connectivity index (χ2v) is 6.00. The van der Waals surface area contributed by atoms with E-state index in [1.54, 1.807) is 0 Å². The third kappa shape index (κ3) is 2.90. The van der Waals surface area contributed by atoms with Crippen LogP contribution in [0.2, 0.25) is 0 Å². The number of halogens is 2. The SMILES string of the molecule is Nc1ccc(CS(=O)(=O)c2ccccc2F)c(F)c1. The molecule has 2 rings (SSSR count). The van der Waals surface area contributed by atoms with Crippen molar-refractivity contribution in [1.29, 1.82) is 0 Å². The molecule has 3 nitrogen and oxygen atoms in total. The lowest BCUT2D eigenvalue weighted by Crippen LogP contribution is -2.08. The predicted octanol–water partition coefficient (Wildman–Crippen LogP) is 2.52. The highest BCUT2D eigenvalue weighted by Gasteiger charge is 2.21. The van der Waals surface area contributed by atoms with E-state index in [0.29, 0.717) is 0 Å². The van der Waals surface area contributed by atoms with Crippen LogP contribution in [0.15, 0.2) is 47.4 Å². The molecule has 2 N–H and O–H groups in total. The molecule has 0 aliphatic rings. The molecule has 0 aliphatic carbocycles. The highest BCUT2D eigenvalue weighted by Crippen LogP contribution is 2.21. The van der Waals surface area contributed by atoms with E-state index in [-0.39, 0.29) is 11.3 Å². The second-order valence-electron chi connectivity index (χ2n) is 4.04. The van der Waals surface area contributed by atoms with Crippen LogP contribution in [0.1, 0.15) is 5.56 Å². The number of nitrogen functional groups attached to an aromatic ring is 1. The minimum atomic E-state index is -3.94. The van der Waals surface area contributed by atoms with Crippen molar-refractivity contribution in [3.05, 3.63) is 59.7 Å². The number of sulfone groups is 1. The first-order chi connectivity index (χ1) is 8.90. The van der Waals surface area contributed by atoms with Crippen LogP contribution in [0.4, 0.5) is 14.5 Å². The first-order valence-electron chi connectivity index (χ1n) is 5.41. The van der Waals surface area contributed by atoms with Crippen LogP contribution in [-0.4, -0.2) is 8.42 Å². The summed E-state index contributed by atoms with van der Waals surface area (Å²) in [6, 6.07) is 8.71. The first-order valence-corrected chi connectivity index (χ1v) is 7.06. The minimum absolute atomic E-state index is 0.0440. The Morgan fingerprint density at radius 3 is 2.32 bits per heavy atom. The maximum Gasteiger partial charge on any atom is 0.185 e. The fourth-order valence-electron chi connectivity index (χ4n) is 1.66. The summed E-state index contributed by atoms with van der Waals surface area (Å²) in [5.74, 6) is -2.18. The molecule has 0 saturated heterocycles. The second kappa shape index (κ2) is 4.97. The van der Waals surface area contributed by atoms with Gasteiger partial charge in [-0.05, 0) is 24.3 Å². The van der Waals surface area contributed by atoms with Crippen LogP contribution in [0.5, 0.6) is 0 Å². The van der Waals surface area contributed by atoms with Gasteiger partial charge in [0.15, 0.2) is 9.84 Å². The molecule has 0 saturated carbocycles. The van der Waals surface area contributed by atoms with Crippen LogP contribution in [0.25, 0.3) is 0 Å². The van der Waals surface area contributed by atoms with Crippen molar-refractivity contribution in [1.82, 2.24) is 0 Å². The summed E-state index contributed by atoms with van der Waals surface area (Å²) in [4.78, 5) is -0.439. The van der Waals surface area contributed by atoms with Gasteiger partial charge in [0.2, 0.25) is 0 Å². The van der Waals surface area contributed by atoms with Crippen molar-refractivity contribution in [3.63, 3.8) is 0 Å². The minimum Gasteiger partial charge on any atom is -0.399 e. The number of hydrogen-bond acceptors (Lipinski definition) is 3. The van der Waals surface area contributed by atoms with Crippen molar-refractivity contribution in [3.8, 4) is 0 Å². The Bertz CT molecular complexity index is 714. The molecule has 6 heteroatoms. The highest BCUT2D eigenvalue weighted by molar-refractivity contribution is 7.90. The summed E-state index contributed by atoms with van der Waals surface area (Å²) in [6.45, 7) is 0. The Balaban J connectivity index is 2.40. The zero-order valence-corrected chi connectivity index (χ0v) is 10.6. The smallest absolute Gasteiger partial charge is 0.185 e. The Labute approximate surface area is 109 Å². The average Bonchev–Trinajstić information content (AvgIpc) is 2.33. The van der Waals surface area contributed by atoms with Gasteiger partial charge in [0, 0.05) is 11.3 Å². The maximum atomic E-state index is 13.6. The van der Waals surface area contributed by atoms with E-state index in [1.165, 1.54) is 24.3 Å². The van der Waals surface area contributed by atoms with Gasteiger partial charge in [-0.15, -0.1) is 0 Å². The Morgan fingerprint density at radius 1 is 1.00 bits per heavy atom. The summed E-state index contributed by atoms with van der Waals surface area (Å²) >= 11 is 0. The van der Waals surface area contributed by atoms with E-state index in [9.17, 15) is 17.2 Å². The van der Waals surface area contributed by atoms with Crippen LogP contribution in [-0.2, 0) is 15.6 Å². The normalized spacial score (nSPS) is 11.5. The van der Waals surface area contributed by atoms with Crippen LogP contribution in [0.3, 0.4) is 0 Å². The standard InChI is InChI=1S/C13H11F2NO2S/c14-11-3-1-2-4-13(11)19(17,18)8-9-5-6-10(16)7-12(9)15/h1-7H,8,16H2. The summed E-state index contributed by atoms with van der Waals surface area (Å²) in [6.07, 6.45) is 0. The maximum absolute atomic E-state index is 13.6. The van der Waals surface area contributed by atoms with Crippen molar-refractivity contribution >= 4 is 15.5 Å². The van der Waals surface area contributed by atoms with E-state index in [0.717, 1.165) is 18.2 Å². The Kier molecular flexibility index (Phi) is 3.53. The zero-order valence-electron chi connectivity index (χ0n) is 9.81. The molecule has 2 aromatic carbocycles. The first kappa shape index (κ1) is 13.5. The molecule has 0 heterocycles. The van der Waals surface area contributed by atoms with Gasteiger partial charge in [0.25, 0.3) is 0 Å². The average molecular weight is 283 g/mol. The van der Waals surface area contributed by atoms with Gasteiger partial charge in [-0.3, -0.25) is 0 Å². The quantitative estimate of drug-likeness (QED) is 0.880. The van der Waals surface area contributed by atoms with Crippen LogP contribution in [0, 0.1) is 11.6 Å². The van der Waals surface area contributed by atoms with Crippen LogP contribution >= 0.6 is 0 Å². The molecule has 0 radical (unpaired) electrons. The van der Waals surface area contributed by atoms with E-state index < -0.39 is 32.1 Å². The Hall–Kier alpha value is -1.95. The highest BCUT2D eigenvalue weighted by atomic mass is 32.2. The third-order valence-electron chi connectivity index (χ3n) is 2.59. The van der Waals surface area contributed by atoms with Crippen molar-refractivity contribution < 1.29 is 17.2 Å². The molecular weight excluding hydrogens is 272 g/mol. The van der Waals surface area contributed by atoms with E-state index in [1.807, 2.05) is 0 Å². The van der Waals surface area contributed by atoms with E-state index in [2.05, 4.69) is 0 Å². The predicted molar refractivity (Wildman–Crippen MR) is 68.1 cm³/mol. The largest absolute Gasteiger partial charge is 0.399 e. The lowest BCUT2D eigenvalue weighted by molar-refractivity contribution is 0.563. The number of rotatable bonds is 3. The fraction of sp³-hybridized carbons (Fsp3) is 0.0769. The van der Waals surface area contributed by atoms with Gasteiger partial charge >= 0.3 is 0 Å². The van der Waals surface area contributed by atoms with Gasteiger partial charge in [-0.25, -0.2) is 17.2 Å². The molecular formula is C13H11F2NO2S. The van der Waals surface area contributed by atoms with Gasteiger partial charge in [0.1, 0.15) is 16.5 Å². The lowest BCUT2D eigenvalue weighted by Gasteiger charge is -2.07. The Morgan fingerprint density at radius 2 is 1.68 bits per heavy atom. The van der Waals surface area contributed by atoms with Gasteiger partial charge in [0.05, 0.1) is 5.75 Å². The van der Waals surface area contributed by atoms with E-state index in [4.69, 9.17) is 5.73 Å². The zero-order chi connectivity index (χ0) is 14.0. The summed E-state index contributed by atoms with van der Waals surface area (Å²) in [5.41, 5.74) is 5.53. The monoisotopic (exact) mass is 283 g/mol. The third-order valence-corrected chi connectivity index (χ3v) is 4.29. The van der Waals surface area contributed by atoms with Gasteiger partial charge < -0.3 is 5.73 Å². The number of hydrogen-bond donors (Lipinski definition) is 1. The topological polar surface area (TPSA) is 60.2 Å². The van der Waals surface area contributed by atoms with Crippen molar-refractivity contribution in [2.75, 3.05) is 5.73 Å². The fourth-order valence-corrected chi connectivity index (χ4v) is 3.11. The van der Waals surface area contributed by atoms with Crippen LogP contribution < -0.4 is 5.73 Å². The molecule has 0 bridgehead atoms. The molecule has 0 fully saturated rings. The number of benzene rings is 2. The molecule has 0 unspecified atom stereocenters. The van der Waals surface area contributed by atoms with Crippen molar-refractivity contribution in [2.45, 2.75) is 10.6 Å². The summed E-state index contributed by atoms with van der Waals surface area (Å²) < 4.78 is 51.1. The van der Waals surface area contributed by atoms with E-state index >= 15 is 0 Å². The van der Waals surface area contributed by atoms with Gasteiger partial charge in [-0.2, -0.15) is 0 Å². The molecule has 0 spiro atoms. The molecule has 2 aromatic rings. The number of nitrogens with two attached hydrogens (primary N) is 1. The van der Waals surface area contributed by atoms with Crippen molar-refractivity contribution in [2.24, 2.45) is 0 Å².